The lowest BCUT2D eigenvalue weighted by Gasteiger charge is -2.13. The van der Waals surface area contributed by atoms with E-state index in [-0.39, 0.29) is 6.04 Å². The number of benzene rings is 2. The molecular weight excluding hydrogens is 388 g/mol. The minimum atomic E-state index is -0.127. The summed E-state index contributed by atoms with van der Waals surface area (Å²) in [5.41, 5.74) is 4.16. The average molecular weight is 415 g/mol. The van der Waals surface area contributed by atoms with Crippen LogP contribution in [0.3, 0.4) is 0 Å². The Hall–Kier alpha value is -3.48. The van der Waals surface area contributed by atoms with E-state index in [2.05, 4.69) is 49.3 Å². The predicted molar refractivity (Wildman–Crippen MR) is 120 cm³/mol. The van der Waals surface area contributed by atoms with Gasteiger partial charge in [0.25, 0.3) is 0 Å². The van der Waals surface area contributed by atoms with Gasteiger partial charge < -0.3 is 14.3 Å². The fourth-order valence-electron chi connectivity index (χ4n) is 3.98. The number of fused-ring (bicyclic) bond motifs is 1. The summed E-state index contributed by atoms with van der Waals surface area (Å²) in [5.74, 6) is 3.11. The van der Waals surface area contributed by atoms with Crippen LogP contribution in [0.25, 0.3) is 22.8 Å². The fourth-order valence-corrected chi connectivity index (χ4v) is 3.98. The van der Waals surface area contributed by atoms with E-state index in [9.17, 15) is 0 Å². The summed E-state index contributed by atoms with van der Waals surface area (Å²) in [4.78, 5) is 0. The van der Waals surface area contributed by atoms with Crippen LogP contribution in [0, 0.1) is 6.92 Å². The molecule has 158 valence electrons. The van der Waals surface area contributed by atoms with E-state index in [0.717, 1.165) is 41.4 Å². The molecule has 0 bridgehead atoms. The zero-order valence-corrected chi connectivity index (χ0v) is 17.9. The Morgan fingerprint density at radius 1 is 0.935 bits per heavy atom. The minimum absolute atomic E-state index is 0.127. The third kappa shape index (κ3) is 4.08. The second-order valence-corrected chi connectivity index (χ2v) is 8.16. The monoisotopic (exact) mass is 414 g/mol. The number of nitrogens with zero attached hydrogens (tertiary/aromatic N) is 5. The topological polar surface area (TPSA) is 81.7 Å². The summed E-state index contributed by atoms with van der Waals surface area (Å²) in [6.45, 7) is 5.05. The van der Waals surface area contributed by atoms with Crippen LogP contribution in [0.2, 0.25) is 0 Å². The average Bonchev–Trinajstić information content (AvgIpc) is 3.37. The molecule has 1 atom stereocenters. The quantitative estimate of drug-likeness (QED) is 0.483. The first-order valence-corrected chi connectivity index (χ1v) is 10.9. The van der Waals surface area contributed by atoms with E-state index in [0.29, 0.717) is 11.8 Å². The van der Waals surface area contributed by atoms with E-state index in [1.165, 1.54) is 24.8 Å². The molecule has 1 aliphatic rings. The van der Waals surface area contributed by atoms with Crippen LogP contribution in [0.5, 0.6) is 0 Å². The smallest absolute Gasteiger partial charge is 0.247 e. The first kappa shape index (κ1) is 19.5. The molecule has 2 aromatic carbocycles. The van der Waals surface area contributed by atoms with Crippen LogP contribution in [0.15, 0.2) is 52.9 Å². The van der Waals surface area contributed by atoms with Crippen LogP contribution in [-0.4, -0.2) is 25.0 Å². The van der Waals surface area contributed by atoms with Crippen LogP contribution < -0.4 is 5.32 Å². The van der Waals surface area contributed by atoms with Gasteiger partial charge in [-0.3, -0.25) is 0 Å². The number of nitrogens with one attached hydrogen (secondary N) is 1. The summed E-state index contributed by atoms with van der Waals surface area (Å²) < 4.78 is 8.19. The lowest BCUT2D eigenvalue weighted by Crippen LogP contribution is -2.07. The molecule has 1 aliphatic heterocycles. The van der Waals surface area contributed by atoms with Crippen LogP contribution in [-0.2, 0) is 13.0 Å². The molecule has 7 heteroatoms. The van der Waals surface area contributed by atoms with E-state index < -0.39 is 0 Å². The van der Waals surface area contributed by atoms with Gasteiger partial charge in [-0.2, -0.15) is 0 Å². The molecule has 0 amide bonds. The van der Waals surface area contributed by atoms with Gasteiger partial charge in [0.1, 0.15) is 11.9 Å². The van der Waals surface area contributed by atoms with Crippen molar-refractivity contribution in [2.24, 2.45) is 0 Å². The number of anilines is 1. The normalized spacial score (nSPS) is 14.6. The zero-order valence-electron chi connectivity index (χ0n) is 17.9. The van der Waals surface area contributed by atoms with Crippen molar-refractivity contribution in [1.82, 2.24) is 25.0 Å². The molecule has 0 fully saturated rings. The molecule has 3 heterocycles. The molecule has 0 saturated heterocycles. The Kier molecular flexibility index (Phi) is 5.24. The van der Waals surface area contributed by atoms with Crippen molar-refractivity contribution in [3.8, 4) is 22.8 Å². The molecule has 31 heavy (non-hydrogen) atoms. The van der Waals surface area contributed by atoms with E-state index in [4.69, 9.17) is 4.42 Å². The maximum Gasteiger partial charge on any atom is 0.247 e. The van der Waals surface area contributed by atoms with E-state index in [1.54, 1.807) is 0 Å². The molecule has 1 N–H and O–H groups in total. The number of hydrogen-bond acceptors (Lipinski definition) is 6. The second kappa shape index (κ2) is 8.34. The van der Waals surface area contributed by atoms with Gasteiger partial charge in [0.2, 0.25) is 11.8 Å². The Morgan fingerprint density at radius 2 is 1.81 bits per heavy atom. The number of hydrogen-bond donors (Lipinski definition) is 1. The summed E-state index contributed by atoms with van der Waals surface area (Å²) >= 11 is 0. The van der Waals surface area contributed by atoms with Gasteiger partial charge in [-0.15, -0.1) is 20.4 Å². The van der Waals surface area contributed by atoms with Gasteiger partial charge in [0.15, 0.2) is 5.82 Å². The van der Waals surface area contributed by atoms with Crippen molar-refractivity contribution in [3.05, 3.63) is 65.8 Å². The van der Waals surface area contributed by atoms with Crippen molar-refractivity contribution in [1.29, 1.82) is 0 Å². The Labute approximate surface area is 181 Å². The van der Waals surface area contributed by atoms with Crippen molar-refractivity contribution in [3.63, 3.8) is 0 Å². The van der Waals surface area contributed by atoms with Gasteiger partial charge in [0.05, 0.1) is 0 Å². The highest BCUT2D eigenvalue weighted by Crippen LogP contribution is 2.27. The SMILES string of the molecule is Cc1ccc(-c2nnc(C(C)Nc3cccc(-c4nnc5n4CCCCC5)c3)o2)cc1. The third-order valence-electron chi connectivity index (χ3n) is 5.72. The Morgan fingerprint density at radius 3 is 2.68 bits per heavy atom. The van der Waals surface area contributed by atoms with Gasteiger partial charge in [0, 0.05) is 29.8 Å². The molecule has 0 spiro atoms. The first-order chi connectivity index (χ1) is 15.2. The zero-order chi connectivity index (χ0) is 21.2. The Bertz CT molecular complexity index is 1180. The van der Waals surface area contributed by atoms with Gasteiger partial charge in [-0.05, 0) is 51.0 Å². The van der Waals surface area contributed by atoms with Crippen molar-refractivity contribution in [2.75, 3.05) is 5.32 Å². The summed E-state index contributed by atoms with van der Waals surface area (Å²) in [5, 5.41) is 20.8. The maximum atomic E-state index is 5.92. The van der Waals surface area contributed by atoms with Crippen molar-refractivity contribution in [2.45, 2.75) is 52.1 Å². The minimum Gasteiger partial charge on any atom is -0.418 e. The number of aryl methyl sites for hydroxylation is 2. The molecule has 7 nitrogen and oxygen atoms in total. The highest BCUT2D eigenvalue weighted by Gasteiger charge is 2.18. The van der Waals surface area contributed by atoms with Gasteiger partial charge in [-0.1, -0.05) is 36.2 Å². The Balaban J connectivity index is 1.34. The van der Waals surface area contributed by atoms with Crippen molar-refractivity contribution < 1.29 is 4.42 Å². The second-order valence-electron chi connectivity index (χ2n) is 8.16. The van der Waals surface area contributed by atoms with Gasteiger partial charge in [-0.25, -0.2) is 0 Å². The lowest BCUT2D eigenvalue weighted by molar-refractivity contribution is 0.485. The van der Waals surface area contributed by atoms with Crippen LogP contribution >= 0.6 is 0 Å². The largest absolute Gasteiger partial charge is 0.418 e. The standard InChI is InChI=1S/C24H26N6O/c1-16-10-12-18(13-11-16)24-29-28-23(31-24)17(2)25-20-8-6-7-19(15-20)22-27-26-21-9-4-3-5-14-30(21)22/h6-8,10-13,15,17,25H,3-5,9,14H2,1-2H3. The third-order valence-corrected chi connectivity index (χ3v) is 5.72. The first-order valence-electron chi connectivity index (χ1n) is 10.9. The van der Waals surface area contributed by atoms with Crippen LogP contribution in [0.4, 0.5) is 5.69 Å². The fraction of sp³-hybridized carbons (Fsp3) is 0.333. The van der Waals surface area contributed by atoms with Crippen molar-refractivity contribution >= 4 is 5.69 Å². The molecule has 5 rings (SSSR count). The van der Waals surface area contributed by atoms with E-state index in [1.807, 2.05) is 43.3 Å². The molecule has 0 saturated carbocycles. The molecule has 0 radical (unpaired) electrons. The highest BCUT2D eigenvalue weighted by atomic mass is 16.4. The van der Waals surface area contributed by atoms with Gasteiger partial charge >= 0.3 is 0 Å². The molecular formula is C24H26N6O. The maximum absolute atomic E-state index is 5.92. The summed E-state index contributed by atoms with van der Waals surface area (Å²) in [6, 6.07) is 16.2. The lowest BCUT2D eigenvalue weighted by atomic mass is 10.1. The predicted octanol–water partition coefficient (Wildman–Crippen LogP) is 5.20. The molecule has 0 aliphatic carbocycles. The summed E-state index contributed by atoms with van der Waals surface area (Å²) in [6.07, 6.45) is 4.61. The summed E-state index contributed by atoms with van der Waals surface area (Å²) in [7, 11) is 0. The number of aromatic nitrogens is 5. The molecule has 4 aromatic rings. The van der Waals surface area contributed by atoms with E-state index >= 15 is 0 Å². The molecule has 1 unspecified atom stereocenters. The molecule has 2 aromatic heterocycles. The highest BCUT2D eigenvalue weighted by molar-refractivity contribution is 5.63. The number of rotatable bonds is 5. The van der Waals surface area contributed by atoms with Crippen LogP contribution in [0.1, 0.15) is 49.5 Å².